The van der Waals surface area contributed by atoms with Crippen molar-refractivity contribution in [3.05, 3.63) is 157 Å². The van der Waals surface area contributed by atoms with Crippen molar-refractivity contribution in [2.24, 2.45) is 0 Å². The number of benzene rings is 7. The van der Waals surface area contributed by atoms with E-state index in [-0.39, 0.29) is 0 Å². The first-order chi connectivity index (χ1) is 20.7. The molecule has 7 rings (SSSR count). The Hall–Kier alpha value is -5.20. The molecule has 0 aromatic heterocycles. The molecule has 0 spiro atoms. The van der Waals surface area contributed by atoms with Crippen LogP contribution in [0.3, 0.4) is 0 Å². The average molecular weight is 537 g/mol. The van der Waals surface area contributed by atoms with E-state index in [1.54, 1.807) is 0 Å². The summed E-state index contributed by atoms with van der Waals surface area (Å²) in [6, 6.07) is 46.6. The van der Waals surface area contributed by atoms with Crippen molar-refractivity contribution in [2.75, 3.05) is 0 Å². The van der Waals surface area contributed by atoms with Crippen LogP contribution in [0, 0.1) is 0 Å². The Morgan fingerprint density at radius 1 is 0.476 bits per heavy atom. The highest BCUT2D eigenvalue weighted by molar-refractivity contribution is 6.21. The van der Waals surface area contributed by atoms with Gasteiger partial charge in [0.2, 0.25) is 0 Å². The van der Waals surface area contributed by atoms with Gasteiger partial charge in [-0.3, -0.25) is 0 Å². The Morgan fingerprint density at radius 2 is 0.976 bits per heavy atom. The molecule has 0 bridgehead atoms. The van der Waals surface area contributed by atoms with Gasteiger partial charge in [-0.05, 0) is 94.9 Å². The number of hydrogen-bond acceptors (Lipinski definition) is 0. The van der Waals surface area contributed by atoms with Crippen LogP contribution >= 0.6 is 0 Å². The van der Waals surface area contributed by atoms with Crippen LogP contribution in [0.1, 0.15) is 23.6 Å². The van der Waals surface area contributed by atoms with Gasteiger partial charge in [-0.1, -0.05) is 154 Å². The molecule has 0 heterocycles. The van der Waals surface area contributed by atoms with E-state index in [2.05, 4.69) is 147 Å². The molecular weight excluding hydrogens is 504 g/mol. The maximum atomic E-state index is 4.14. The SMILES string of the molecule is C=Cc1c(CC)ccc(-c2ccc(-c3c4ccccc4c(-c4ccc5ccccc5c4)c4ccccc34)cc2)c1C=C. The second kappa shape index (κ2) is 10.7. The Kier molecular flexibility index (Phi) is 6.53. The molecule has 7 aromatic carbocycles. The van der Waals surface area contributed by atoms with Crippen molar-refractivity contribution in [1.29, 1.82) is 0 Å². The third kappa shape index (κ3) is 4.16. The second-order valence-corrected chi connectivity index (χ2v) is 10.8. The minimum absolute atomic E-state index is 0.969. The first-order valence-electron chi connectivity index (χ1n) is 14.7. The van der Waals surface area contributed by atoms with Gasteiger partial charge in [0.1, 0.15) is 0 Å². The number of hydrogen-bond donors (Lipinski definition) is 0. The Morgan fingerprint density at radius 3 is 1.55 bits per heavy atom. The molecule has 0 saturated carbocycles. The fourth-order valence-electron chi connectivity index (χ4n) is 6.61. The van der Waals surface area contributed by atoms with E-state index < -0.39 is 0 Å². The molecule has 0 aliphatic heterocycles. The molecule has 0 aliphatic rings. The molecule has 0 unspecified atom stereocenters. The maximum Gasteiger partial charge on any atom is -0.00262 e. The highest BCUT2D eigenvalue weighted by Gasteiger charge is 2.17. The van der Waals surface area contributed by atoms with Crippen molar-refractivity contribution in [3.63, 3.8) is 0 Å². The summed E-state index contributed by atoms with van der Waals surface area (Å²) in [6.07, 6.45) is 4.89. The summed E-state index contributed by atoms with van der Waals surface area (Å²) < 4.78 is 0. The largest absolute Gasteiger partial charge is 0.0984 e. The summed E-state index contributed by atoms with van der Waals surface area (Å²) in [6.45, 7) is 10.4. The van der Waals surface area contributed by atoms with Crippen LogP contribution in [0.2, 0.25) is 0 Å². The average Bonchev–Trinajstić information content (AvgIpc) is 3.06. The van der Waals surface area contributed by atoms with Crippen LogP contribution in [0.15, 0.2) is 141 Å². The van der Waals surface area contributed by atoms with Gasteiger partial charge in [-0.15, -0.1) is 0 Å². The molecular formula is C42H32. The summed E-state index contributed by atoms with van der Waals surface area (Å²) >= 11 is 0. The molecule has 0 nitrogen and oxygen atoms in total. The lowest BCUT2D eigenvalue weighted by atomic mass is 9.85. The fraction of sp³-hybridized carbons (Fsp3) is 0.0476. The predicted octanol–water partition coefficient (Wildman–Crippen LogP) is 12.0. The van der Waals surface area contributed by atoms with Crippen molar-refractivity contribution in [2.45, 2.75) is 13.3 Å². The zero-order chi connectivity index (χ0) is 28.6. The summed E-state index contributed by atoms with van der Waals surface area (Å²) in [5.41, 5.74) is 11.0. The number of fused-ring (bicyclic) bond motifs is 3. The molecule has 0 amide bonds. The van der Waals surface area contributed by atoms with Crippen LogP contribution in [0.5, 0.6) is 0 Å². The highest BCUT2D eigenvalue weighted by Crippen LogP contribution is 2.44. The van der Waals surface area contributed by atoms with Crippen molar-refractivity contribution >= 4 is 44.5 Å². The third-order valence-corrected chi connectivity index (χ3v) is 8.62. The molecule has 0 atom stereocenters. The second-order valence-electron chi connectivity index (χ2n) is 10.8. The lowest BCUT2D eigenvalue weighted by molar-refractivity contribution is 1.13. The summed E-state index contributed by atoms with van der Waals surface area (Å²) in [5, 5.41) is 7.58. The zero-order valence-electron chi connectivity index (χ0n) is 23.9. The smallest absolute Gasteiger partial charge is 0.00262 e. The lowest BCUT2D eigenvalue weighted by Crippen LogP contribution is -1.94. The predicted molar refractivity (Wildman–Crippen MR) is 185 cm³/mol. The minimum atomic E-state index is 0.969. The summed E-state index contributed by atoms with van der Waals surface area (Å²) in [7, 11) is 0. The first kappa shape index (κ1) is 25.7. The maximum absolute atomic E-state index is 4.14. The third-order valence-electron chi connectivity index (χ3n) is 8.62. The van der Waals surface area contributed by atoms with Crippen molar-refractivity contribution < 1.29 is 0 Å². The molecule has 0 aliphatic carbocycles. The van der Waals surface area contributed by atoms with Crippen LogP contribution in [0.4, 0.5) is 0 Å². The van der Waals surface area contributed by atoms with Gasteiger partial charge in [0.05, 0.1) is 0 Å². The molecule has 0 heteroatoms. The van der Waals surface area contributed by atoms with E-state index in [1.807, 2.05) is 12.2 Å². The van der Waals surface area contributed by atoms with Gasteiger partial charge in [0.25, 0.3) is 0 Å². The standard InChI is InChI=1S/C42H32/c1-4-28-25-26-36(35(6-3)34(28)5-2)30-20-22-31(23-21-30)41-37-15-9-11-17-39(37)42(40-18-12-10-16-38(40)41)33-24-19-29-13-7-8-14-32(29)27-33/h5-27H,2-4H2,1H3. The van der Waals surface area contributed by atoms with Crippen molar-refractivity contribution in [1.82, 2.24) is 0 Å². The summed E-state index contributed by atoms with van der Waals surface area (Å²) in [4.78, 5) is 0. The van der Waals surface area contributed by atoms with Crippen molar-refractivity contribution in [3.8, 4) is 33.4 Å². The van der Waals surface area contributed by atoms with Crippen LogP contribution in [-0.2, 0) is 6.42 Å². The number of rotatable bonds is 6. The molecule has 0 saturated heterocycles. The van der Waals surface area contributed by atoms with E-state index in [4.69, 9.17) is 0 Å². The van der Waals surface area contributed by atoms with Gasteiger partial charge in [0.15, 0.2) is 0 Å². The molecule has 0 radical (unpaired) electrons. The van der Waals surface area contributed by atoms with Gasteiger partial charge in [-0.2, -0.15) is 0 Å². The molecule has 7 aromatic rings. The van der Waals surface area contributed by atoms with Crippen LogP contribution < -0.4 is 0 Å². The highest BCUT2D eigenvalue weighted by atomic mass is 14.2. The van der Waals surface area contributed by atoms with E-state index in [0.717, 1.165) is 12.0 Å². The molecule has 42 heavy (non-hydrogen) atoms. The van der Waals surface area contributed by atoms with Gasteiger partial charge >= 0.3 is 0 Å². The molecule has 0 fully saturated rings. The molecule has 200 valence electrons. The quantitative estimate of drug-likeness (QED) is 0.185. The first-order valence-corrected chi connectivity index (χ1v) is 14.7. The van der Waals surface area contributed by atoms with Crippen LogP contribution in [-0.4, -0.2) is 0 Å². The normalized spacial score (nSPS) is 11.3. The number of aryl methyl sites for hydroxylation is 1. The van der Waals surface area contributed by atoms with E-state index >= 15 is 0 Å². The van der Waals surface area contributed by atoms with Gasteiger partial charge in [-0.25, -0.2) is 0 Å². The van der Waals surface area contributed by atoms with Gasteiger partial charge in [0, 0.05) is 0 Å². The van der Waals surface area contributed by atoms with E-state index in [9.17, 15) is 0 Å². The fourth-order valence-corrected chi connectivity index (χ4v) is 6.61. The van der Waals surface area contributed by atoms with Crippen LogP contribution in [0.25, 0.3) is 77.9 Å². The van der Waals surface area contributed by atoms with Gasteiger partial charge < -0.3 is 0 Å². The monoisotopic (exact) mass is 536 g/mol. The molecule has 0 N–H and O–H groups in total. The summed E-state index contributed by atoms with van der Waals surface area (Å²) in [5.74, 6) is 0. The van der Waals surface area contributed by atoms with E-state index in [0.29, 0.717) is 0 Å². The lowest BCUT2D eigenvalue weighted by Gasteiger charge is -2.18. The Balaban J connectivity index is 1.44. The topological polar surface area (TPSA) is 0 Å². The zero-order valence-corrected chi connectivity index (χ0v) is 23.9. The Bertz CT molecular complexity index is 2080. The Labute approximate surface area is 247 Å². The minimum Gasteiger partial charge on any atom is -0.0984 e. The van der Waals surface area contributed by atoms with E-state index in [1.165, 1.54) is 76.8 Å².